The number of benzene rings is 2. The van der Waals surface area contributed by atoms with E-state index < -0.39 is 9.84 Å². The number of hydrogen-bond acceptors (Lipinski definition) is 4. The SMILES string of the molecule is C[C@@H](NCc1sc2ccccc2c1Cl)c1ccc(S(C)(=O)=O)cc1. The zero-order chi connectivity index (χ0) is 17.3. The van der Waals surface area contributed by atoms with Gasteiger partial charge in [0.05, 0.1) is 9.92 Å². The number of sulfone groups is 1. The zero-order valence-corrected chi connectivity index (χ0v) is 15.8. The van der Waals surface area contributed by atoms with Crippen molar-refractivity contribution >= 4 is 42.9 Å². The lowest BCUT2D eigenvalue weighted by Crippen LogP contribution is -2.17. The number of fused-ring (bicyclic) bond motifs is 1. The molecule has 0 unspecified atom stereocenters. The lowest BCUT2D eigenvalue weighted by Gasteiger charge is -2.14. The van der Waals surface area contributed by atoms with E-state index in [0.717, 1.165) is 20.8 Å². The van der Waals surface area contributed by atoms with Crippen LogP contribution in [0.5, 0.6) is 0 Å². The van der Waals surface area contributed by atoms with Crippen molar-refractivity contribution < 1.29 is 8.42 Å². The second-order valence-electron chi connectivity index (χ2n) is 5.78. The third kappa shape index (κ3) is 3.64. The molecular weight excluding hydrogens is 362 g/mol. The largest absolute Gasteiger partial charge is 0.305 e. The molecular formula is C18H18ClNO2S2. The smallest absolute Gasteiger partial charge is 0.175 e. The number of halogens is 1. The van der Waals surface area contributed by atoms with Crippen LogP contribution >= 0.6 is 22.9 Å². The summed E-state index contributed by atoms with van der Waals surface area (Å²) >= 11 is 8.15. The first-order valence-corrected chi connectivity index (χ1v) is 10.6. The van der Waals surface area contributed by atoms with E-state index in [-0.39, 0.29) is 6.04 Å². The van der Waals surface area contributed by atoms with Gasteiger partial charge in [0, 0.05) is 33.8 Å². The van der Waals surface area contributed by atoms with Crippen LogP contribution in [-0.4, -0.2) is 14.7 Å². The molecule has 1 heterocycles. The molecule has 0 fully saturated rings. The molecule has 0 amide bonds. The summed E-state index contributed by atoms with van der Waals surface area (Å²) in [5.41, 5.74) is 1.04. The molecule has 1 atom stereocenters. The Hall–Kier alpha value is -1.40. The molecule has 1 aromatic heterocycles. The minimum Gasteiger partial charge on any atom is -0.305 e. The van der Waals surface area contributed by atoms with Gasteiger partial charge in [-0.05, 0) is 30.7 Å². The van der Waals surface area contributed by atoms with Gasteiger partial charge in [-0.1, -0.05) is 41.9 Å². The van der Waals surface area contributed by atoms with Crippen molar-refractivity contribution in [3.8, 4) is 0 Å². The second-order valence-corrected chi connectivity index (χ2v) is 9.31. The van der Waals surface area contributed by atoms with Gasteiger partial charge < -0.3 is 5.32 Å². The third-order valence-corrected chi connectivity index (χ3v) is 6.82. The van der Waals surface area contributed by atoms with Crippen molar-refractivity contribution in [3.63, 3.8) is 0 Å². The van der Waals surface area contributed by atoms with E-state index in [1.54, 1.807) is 23.5 Å². The molecule has 1 N–H and O–H groups in total. The predicted molar refractivity (Wildman–Crippen MR) is 102 cm³/mol. The van der Waals surface area contributed by atoms with E-state index >= 15 is 0 Å². The highest BCUT2D eigenvalue weighted by atomic mass is 35.5. The minimum absolute atomic E-state index is 0.0971. The predicted octanol–water partition coefficient (Wildman–Crippen LogP) is 4.81. The van der Waals surface area contributed by atoms with E-state index in [9.17, 15) is 8.42 Å². The van der Waals surface area contributed by atoms with Crippen LogP contribution in [0.25, 0.3) is 10.1 Å². The molecule has 0 spiro atoms. The molecule has 0 aliphatic carbocycles. The Balaban J connectivity index is 1.72. The molecule has 0 radical (unpaired) electrons. The molecule has 0 saturated carbocycles. The highest BCUT2D eigenvalue weighted by Crippen LogP contribution is 2.35. The maximum atomic E-state index is 11.5. The van der Waals surface area contributed by atoms with E-state index in [2.05, 4.69) is 18.3 Å². The normalized spacial score (nSPS) is 13.3. The van der Waals surface area contributed by atoms with Gasteiger partial charge >= 0.3 is 0 Å². The lowest BCUT2D eigenvalue weighted by atomic mass is 10.1. The molecule has 3 aromatic rings. The number of thiophene rings is 1. The van der Waals surface area contributed by atoms with Crippen molar-refractivity contribution in [1.29, 1.82) is 0 Å². The fourth-order valence-corrected chi connectivity index (χ4v) is 4.63. The summed E-state index contributed by atoms with van der Waals surface area (Å²) < 4.78 is 24.2. The molecule has 0 aliphatic heterocycles. The first kappa shape index (κ1) is 17.4. The van der Waals surface area contributed by atoms with Gasteiger partial charge in [0.15, 0.2) is 9.84 Å². The van der Waals surface area contributed by atoms with Gasteiger partial charge in [-0.25, -0.2) is 8.42 Å². The number of nitrogens with one attached hydrogen (secondary N) is 1. The fraction of sp³-hybridized carbons (Fsp3) is 0.222. The summed E-state index contributed by atoms with van der Waals surface area (Å²) in [6.07, 6.45) is 1.22. The maximum absolute atomic E-state index is 11.5. The fourth-order valence-electron chi connectivity index (χ4n) is 2.55. The zero-order valence-electron chi connectivity index (χ0n) is 13.4. The molecule has 3 nitrogen and oxygen atoms in total. The average molecular weight is 380 g/mol. The van der Waals surface area contributed by atoms with Crippen LogP contribution < -0.4 is 5.32 Å². The Morgan fingerprint density at radius 2 is 1.79 bits per heavy atom. The molecule has 0 saturated heterocycles. The summed E-state index contributed by atoms with van der Waals surface area (Å²) in [5, 5.41) is 5.35. The van der Waals surface area contributed by atoms with Crippen LogP contribution in [0.1, 0.15) is 23.4 Å². The molecule has 126 valence electrons. The molecule has 0 aliphatic rings. The van der Waals surface area contributed by atoms with Crippen LogP contribution in [-0.2, 0) is 16.4 Å². The Kier molecular flexibility index (Phi) is 4.97. The molecule has 24 heavy (non-hydrogen) atoms. The Morgan fingerprint density at radius 3 is 2.42 bits per heavy atom. The Labute approximate surface area is 151 Å². The summed E-state index contributed by atoms with van der Waals surface area (Å²) in [6.45, 7) is 2.73. The Bertz CT molecular complexity index is 962. The summed E-state index contributed by atoms with van der Waals surface area (Å²) in [4.78, 5) is 1.45. The van der Waals surface area contributed by atoms with Gasteiger partial charge in [-0.3, -0.25) is 0 Å². The van der Waals surface area contributed by atoms with Crippen LogP contribution in [0.2, 0.25) is 5.02 Å². The van der Waals surface area contributed by atoms with Gasteiger partial charge in [0.1, 0.15) is 0 Å². The summed E-state index contributed by atoms with van der Waals surface area (Å²) in [6, 6.07) is 15.2. The molecule has 2 aromatic carbocycles. The summed E-state index contributed by atoms with van der Waals surface area (Å²) in [7, 11) is -3.16. The van der Waals surface area contributed by atoms with Crippen LogP contribution in [0.4, 0.5) is 0 Å². The minimum atomic E-state index is -3.16. The first-order valence-electron chi connectivity index (χ1n) is 7.55. The van der Waals surface area contributed by atoms with Crippen molar-refractivity contribution in [2.45, 2.75) is 24.4 Å². The van der Waals surface area contributed by atoms with Gasteiger partial charge in [0.25, 0.3) is 0 Å². The topological polar surface area (TPSA) is 46.2 Å². The van der Waals surface area contributed by atoms with Crippen molar-refractivity contribution in [1.82, 2.24) is 5.32 Å². The first-order chi connectivity index (χ1) is 11.4. The number of hydrogen-bond donors (Lipinski definition) is 1. The van der Waals surface area contributed by atoms with Gasteiger partial charge in [-0.2, -0.15) is 0 Å². The van der Waals surface area contributed by atoms with E-state index in [0.29, 0.717) is 11.4 Å². The average Bonchev–Trinajstić information content (AvgIpc) is 2.88. The molecule has 0 bridgehead atoms. The monoisotopic (exact) mass is 379 g/mol. The van der Waals surface area contributed by atoms with E-state index in [1.165, 1.54) is 11.0 Å². The highest BCUT2D eigenvalue weighted by molar-refractivity contribution is 7.90. The van der Waals surface area contributed by atoms with Crippen LogP contribution in [0, 0.1) is 0 Å². The van der Waals surface area contributed by atoms with E-state index in [4.69, 9.17) is 11.6 Å². The second kappa shape index (κ2) is 6.84. The Morgan fingerprint density at radius 1 is 1.12 bits per heavy atom. The standard InChI is InChI=1S/C18H18ClNO2S2/c1-12(13-7-9-14(10-8-13)24(2,21)22)20-11-17-18(19)15-5-3-4-6-16(15)23-17/h3-10,12,20H,11H2,1-2H3/t12-/m1/s1. The van der Waals surface area contributed by atoms with Crippen molar-refractivity contribution in [2.24, 2.45) is 0 Å². The van der Waals surface area contributed by atoms with Gasteiger partial charge in [-0.15, -0.1) is 11.3 Å². The van der Waals surface area contributed by atoms with Gasteiger partial charge in [0.2, 0.25) is 0 Å². The van der Waals surface area contributed by atoms with Crippen LogP contribution in [0.3, 0.4) is 0 Å². The lowest BCUT2D eigenvalue weighted by molar-refractivity contribution is 0.578. The number of rotatable bonds is 5. The third-order valence-electron chi connectivity index (χ3n) is 3.98. The van der Waals surface area contributed by atoms with Crippen LogP contribution in [0.15, 0.2) is 53.4 Å². The van der Waals surface area contributed by atoms with Crippen molar-refractivity contribution in [3.05, 3.63) is 64.0 Å². The van der Waals surface area contributed by atoms with E-state index in [1.807, 2.05) is 30.3 Å². The maximum Gasteiger partial charge on any atom is 0.175 e. The highest BCUT2D eigenvalue weighted by Gasteiger charge is 2.12. The quantitative estimate of drug-likeness (QED) is 0.692. The summed E-state index contributed by atoms with van der Waals surface area (Å²) in [5.74, 6) is 0. The molecule has 3 rings (SSSR count). The van der Waals surface area contributed by atoms with Crippen molar-refractivity contribution in [2.75, 3.05) is 6.26 Å². The molecule has 6 heteroatoms.